The van der Waals surface area contributed by atoms with Crippen LogP contribution >= 0.6 is 11.3 Å². The Kier molecular flexibility index (Phi) is 6.61. The quantitative estimate of drug-likeness (QED) is 0.540. The fraction of sp³-hybridized carbons (Fsp3) is 0.524. The molecule has 0 aliphatic carbocycles. The van der Waals surface area contributed by atoms with Crippen LogP contribution in [0, 0.1) is 0 Å². The van der Waals surface area contributed by atoms with Crippen LogP contribution in [0.2, 0.25) is 0 Å². The van der Waals surface area contributed by atoms with E-state index < -0.39 is 0 Å². The highest BCUT2D eigenvalue weighted by Crippen LogP contribution is 2.42. The van der Waals surface area contributed by atoms with Crippen LogP contribution < -0.4 is 9.47 Å². The van der Waals surface area contributed by atoms with Gasteiger partial charge in [0, 0.05) is 39.1 Å². The predicted molar refractivity (Wildman–Crippen MR) is 118 cm³/mol. The molecule has 3 aromatic rings. The number of hydrogen-bond acceptors (Lipinski definition) is 9. The van der Waals surface area contributed by atoms with E-state index in [1.165, 1.54) is 15.9 Å². The van der Waals surface area contributed by atoms with E-state index in [2.05, 4.69) is 19.9 Å². The molecule has 1 atom stereocenters. The number of benzene rings is 1. The molecule has 1 aromatic carbocycles. The second-order valence-electron chi connectivity index (χ2n) is 7.48. The summed E-state index contributed by atoms with van der Waals surface area (Å²) in [5, 5.41) is 24.8. The van der Waals surface area contributed by atoms with Crippen molar-refractivity contribution in [3.63, 3.8) is 0 Å². The zero-order valence-electron chi connectivity index (χ0n) is 18.1. The van der Waals surface area contributed by atoms with E-state index in [1.54, 1.807) is 14.2 Å². The third-order valence-corrected chi connectivity index (χ3v) is 6.79. The number of aromatic nitrogens is 3. The molecule has 0 bridgehead atoms. The number of ether oxygens (including phenoxy) is 2. The van der Waals surface area contributed by atoms with Crippen LogP contribution in [-0.2, 0) is 6.42 Å². The van der Waals surface area contributed by atoms with E-state index in [0.29, 0.717) is 28.8 Å². The Morgan fingerprint density at radius 3 is 2.48 bits per heavy atom. The molecule has 1 aliphatic rings. The van der Waals surface area contributed by atoms with Crippen molar-refractivity contribution in [2.75, 3.05) is 53.6 Å². The summed E-state index contributed by atoms with van der Waals surface area (Å²) in [5.74, 6) is 2.16. The number of hydrogen-bond donors (Lipinski definition) is 2. The van der Waals surface area contributed by atoms with Gasteiger partial charge in [0.25, 0.3) is 0 Å². The van der Waals surface area contributed by atoms with Gasteiger partial charge in [-0.1, -0.05) is 24.3 Å². The first-order valence-corrected chi connectivity index (χ1v) is 11.3. The van der Waals surface area contributed by atoms with Crippen molar-refractivity contribution in [3.05, 3.63) is 34.5 Å². The van der Waals surface area contributed by atoms with Crippen LogP contribution in [0.15, 0.2) is 18.2 Å². The van der Waals surface area contributed by atoms with E-state index in [0.717, 1.165) is 43.0 Å². The Morgan fingerprint density at radius 2 is 1.87 bits per heavy atom. The minimum Gasteiger partial charge on any atom is -0.493 e. The number of thiazole rings is 1. The molecule has 0 amide bonds. The molecule has 0 unspecified atom stereocenters. The van der Waals surface area contributed by atoms with Crippen molar-refractivity contribution in [2.45, 2.75) is 19.4 Å². The Morgan fingerprint density at radius 1 is 1.13 bits per heavy atom. The summed E-state index contributed by atoms with van der Waals surface area (Å²) < 4.78 is 12.5. The molecule has 9 nitrogen and oxygen atoms in total. The summed E-state index contributed by atoms with van der Waals surface area (Å²) in [7, 11) is 3.24. The molecular formula is C21H29N5O4S. The van der Waals surface area contributed by atoms with Gasteiger partial charge in [0.05, 0.1) is 31.7 Å². The van der Waals surface area contributed by atoms with Gasteiger partial charge >= 0.3 is 0 Å². The Hall–Kier alpha value is -2.40. The molecule has 0 saturated carbocycles. The van der Waals surface area contributed by atoms with E-state index in [4.69, 9.17) is 9.47 Å². The van der Waals surface area contributed by atoms with Gasteiger partial charge in [0.2, 0.25) is 10.8 Å². The molecule has 4 rings (SSSR count). The number of β-amino-alcohol motifs (C(OH)–C–C–N with tert-alkyl or cyclic N) is 1. The molecule has 2 N–H and O–H groups in total. The molecule has 31 heavy (non-hydrogen) atoms. The van der Waals surface area contributed by atoms with Crippen LogP contribution in [0.5, 0.6) is 17.4 Å². The number of aliphatic hydroxyl groups excluding tert-OH is 1. The van der Waals surface area contributed by atoms with Crippen molar-refractivity contribution < 1.29 is 19.7 Å². The molecule has 1 fully saturated rings. The molecule has 0 radical (unpaired) electrons. The lowest BCUT2D eigenvalue weighted by Crippen LogP contribution is -2.48. The lowest BCUT2D eigenvalue weighted by atomic mass is 10.0. The standard InChI is InChI=1S/C21H29N5O4S/c1-4-17-22-21-26(23-17)20(28)19(31-21)18(25-9-7-24(8-10-25)11-12-27)14-5-6-15(29-2)16(13-14)30-3/h5-6,13,18,27-28H,4,7-12H2,1-3H3/t18-/m0/s1. The first kappa shape index (κ1) is 21.8. The summed E-state index contributed by atoms with van der Waals surface area (Å²) in [6.07, 6.45) is 0.717. The van der Waals surface area contributed by atoms with Crippen molar-refractivity contribution >= 4 is 16.3 Å². The molecular weight excluding hydrogens is 418 g/mol. The zero-order valence-corrected chi connectivity index (χ0v) is 18.9. The van der Waals surface area contributed by atoms with Gasteiger partial charge in [-0.3, -0.25) is 9.80 Å². The lowest BCUT2D eigenvalue weighted by Gasteiger charge is -2.39. The number of aromatic hydroxyl groups is 1. The maximum Gasteiger partial charge on any atom is 0.230 e. The number of rotatable bonds is 8. The van der Waals surface area contributed by atoms with Gasteiger partial charge in [0.15, 0.2) is 17.3 Å². The van der Waals surface area contributed by atoms with Crippen LogP contribution in [-0.4, -0.2) is 88.2 Å². The summed E-state index contributed by atoms with van der Waals surface area (Å²) in [6.45, 7) is 6.16. The van der Waals surface area contributed by atoms with Gasteiger partial charge in [-0.2, -0.15) is 4.52 Å². The van der Waals surface area contributed by atoms with Gasteiger partial charge in [-0.15, -0.1) is 5.10 Å². The largest absolute Gasteiger partial charge is 0.493 e. The third kappa shape index (κ3) is 4.20. The highest BCUT2D eigenvalue weighted by molar-refractivity contribution is 7.17. The SMILES string of the molecule is CCc1nc2sc([C@H](c3ccc(OC)c(OC)c3)N3CCN(CCO)CC3)c(O)n2n1. The minimum atomic E-state index is -0.172. The van der Waals surface area contributed by atoms with E-state index in [-0.39, 0.29) is 18.5 Å². The number of methoxy groups -OCH3 is 2. The maximum atomic E-state index is 11.1. The van der Waals surface area contributed by atoms with Gasteiger partial charge in [0.1, 0.15) is 0 Å². The van der Waals surface area contributed by atoms with Crippen molar-refractivity contribution in [1.82, 2.24) is 24.4 Å². The molecule has 1 aliphatic heterocycles. The van der Waals surface area contributed by atoms with E-state index in [9.17, 15) is 10.2 Å². The smallest absolute Gasteiger partial charge is 0.230 e. The van der Waals surface area contributed by atoms with Crippen molar-refractivity contribution in [2.24, 2.45) is 0 Å². The fourth-order valence-electron chi connectivity index (χ4n) is 4.06. The molecule has 10 heteroatoms. The zero-order chi connectivity index (χ0) is 22.0. The topological polar surface area (TPSA) is 95.6 Å². The second-order valence-corrected chi connectivity index (χ2v) is 8.49. The summed E-state index contributed by atoms with van der Waals surface area (Å²) in [6, 6.07) is 5.71. The van der Waals surface area contributed by atoms with Crippen LogP contribution in [0.1, 0.15) is 29.2 Å². The predicted octanol–water partition coefficient (Wildman–Crippen LogP) is 1.78. The number of aryl methyl sites for hydroxylation is 1. The molecule has 1 saturated heterocycles. The van der Waals surface area contributed by atoms with Crippen LogP contribution in [0.25, 0.3) is 4.96 Å². The van der Waals surface area contributed by atoms with E-state index in [1.807, 2.05) is 25.1 Å². The first-order chi connectivity index (χ1) is 15.1. The molecule has 168 valence electrons. The Balaban J connectivity index is 1.75. The normalized spacial score (nSPS) is 16.6. The number of piperazine rings is 1. The highest BCUT2D eigenvalue weighted by atomic mass is 32.1. The average molecular weight is 448 g/mol. The van der Waals surface area contributed by atoms with Crippen LogP contribution in [0.4, 0.5) is 0 Å². The van der Waals surface area contributed by atoms with E-state index >= 15 is 0 Å². The van der Waals surface area contributed by atoms with Gasteiger partial charge < -0.3 is 19.7 Å². The fourth-order valence-corrected chi connectivity index (χ4v) is 5.19. The average Bonchev–Trinajstić information content (AvgIpc) is 3.34. The number of fused-ring (bicyclic) bond motifs is 1. The second kappa shape index (κ2) is 9.39. The lowest BCUT2D eigenvalue weighted by molar-refractivity contribution is 0.0944. The molecule has 2 aromatic heterocycles. The Labute approximate surface area is 185 Å². The highest BCUT2D eigenvalue weighted by Gasteiger charge is 2.32. The Bertz CT molecular complexity index is 1030. The summed E-state index contributed by atoms with van der Waals surface area (Å²) in [4.78, 5) is 10.6. The summed E-state index contributed by atoms with van der Waals surface area (Å²) >= 11 is 1.46. The van der Waals surface area contributed by atoms with Gasteiger partial charge in [-0.05, 0) is 17.7 Å². The van der Waals surface area contributed by atoms with Gasteiger partial charge in [-0.25, -0.2) is 4.98 Å². The van der Waals surface area contributed by atoms with Crippen molar-refractivity contribution in [1.29, 1.82) is 0 Å². The molecule has 0 spiro atoms. The number of aliphatic hydroxyl groups is 1. The monoisotopic (exact) mass is 447 g/mol. The minimum absolute atomic E-state index is 0.129. The van der Waals surface area contributed by atoms with Crippen LogP contribution in [0.3, 0.4) is 0 Å². The summed E-state index contributed by atoms with van der Waals surface area (Å²) in [5.41, 5.74) is 1.00. The third-order valence-electron chi connectivity index (χ3n) is 5.72. The first-order valence-electron chi connectivity index (χ1n) is 10.5. The maximum absolute atomic E-state index is 11.1. The number of nitrogens with zero attached hydrogens (tertiary/aromatic N) is 5. The van der Waals surface area contributed by atoms with Crippen molar-refractivity contribution in [3.8, 4) is 17.4 Å². The molecule has 3 heterocycles.